The van der Waals surface area contributed by atoms with Crippen molar-refractivity contribution < 1.29 is 4.79 Å². The number of nitrogens with zero attached hydrogens (tertiary/aromatic N) is 1. The van der Waals surface area contributed by atoms with Crippen molar-refractivity contribution in [3.8, 4) is 0 Å². The van der Waals surface area contributed by atoms with Crippen molar-refractivity contribution in [3.05, 3.63) is 0 Å². The maximum Gasteiger partial charge on any atom is 0.223 e. The first-order valence-electron chi connectivity index (χ1n) is 7.30. The number of carbonyl (C=O) groups excluding carboxylic acids is 1. The van der Waals surface area contributed by atoms with E-state index in [0.717, 1.165) is 45.2 Å². The lowest BCUT2D eigenvalue weighted by molar-refractivity contribution is -0.127. The van der Waals surface area contributed by atoms with Crippen molar-refractivity contribution in [2.24, 2.45) is 17.6 Å². The Bertz CT molecular complexity index is 287. The Hall–Kier alpha value is -0.610. The average Bonchev–Trinajstić information content (AvgIpc) is 2.35. The second-order valence-electron chi connectivity index (χ2n) is 6.24. The van der Waals surface area contributed by atoms with Crippen molar-refractivity contribution in [2.75, 3.05) is 20.1 Å². The van der Waals surface area contributed by atoms with Gasteiger partial charge < -0.3 is 16.0 Å². The zero-order valence-corrected chi connectivity index (χ0v) is 11.7. The highest BCUT2D eigenvalue weighted by atomic mass is 16.1. The molecular weight excluding hydrogens is 226 g/mol. The summed E-state index contributed by atoms with van der Waals surface area (Å²) < 4.78 is 0. The monoisotopic (exact) mass is 253 g/mol. The minimum atomic E-state index is 0.194. The zero-order valence-electron chi connectivity index (χ0n) is 11.7. The fourth-order valence-electron chi connectivity index (χ4n) is 3.13. The van der Waals surface area contributed by atoms with E-state index in [1.165, 1.54) is 0 Å². The highest BCUT2D eigenvalue weighted by molar-refractivity contribution is 5.79. The lowest BCUT2D eigenvalue weighted by Crippen LogP contribution is -2.47. The first-order chi connectivity index (χ1) is 8.56. The Morgan fingerprint density at radius 1 is 1.22 bits per heavy atom. The number of rotatable bonds is 2. The van der Waals surface area contributed by atoms with Crippen LogP contribution in [0.3, 0.4) is 0 Å². The summed E-state index contributed by atoms with van der Waals surface area (Å²) in [6, 6.07) is 0.678. The summed E-state index contributed by atoms with van der Waals surface area (Å²) in [4.78, 5) is 14.6. The normalized spacial score (nSPS) is 35.4. The van der Waals surface area contributed by atoms with Crippen LogP contribution in [0.4, 0.5) is 0 Å². The molecule has 3 N–H and O–H groups in total. The molecule has 0 aromatic rings. The van der Waals surface area contributed by atoms with Gasteiger partial charge in [-0.2, -0.15) is 0 Å². The van der Waals surface area contributed by atoms with E-state index in [1.54, 1.807) is 0 Å². The molecule has 2 aliphatic rings. The van der Waals surface area contributed by atoms with E-state index in [0.29, 0.717) is 12.0 Å². The van der Waals surface area contributed by atoms with Crippen molar-refractivity contribution in [1.29, 1.82) is 0 Å². The summed E-state index contributed by atoms with van der Waals surface area (Å²) >= 11 is 0. The molecule has 4 heteroatoms. The van der Waals surface area contributed by atoms with Gasteiger partial charge in [0, 0.05) is 18.0 Å². The molecule has 0 aromatic carbocycles. The Morgan fingerprint density at radius 2 is 1.89 bits per heavy atom. The molecular formula is C14H27N3O. The van der Waals surface area contributed by atoms with E-state index in [-0.39, 0.29) is 17.9 Å². The van der Waals surface area contributed by atoms with Crippen LogP contribution in [0, 0.1) is 11.8 Å². The molecule has 0 spiro atoms. The van der Waals surface area contributed by atoms with Gasteiger partial charge in [-0.15, -0.1) is 0 Å². The Kier molecular flexibility index (Phi) is 4.62. The smallest absolute Gasteiger partial charge is 0.223 e. The molecule has 18 heavy (non-hydrogen) atoms. The molecule has 3 atom stereocenters. The summed E-state index contributed by atoms with van der Waals surface area (Å²) in [5.74, 6) is 0.940. The topological polar surface area (TPSA) is 58.4 Å². The number of amides is 1. The molecule has 104 valence electrons. The molecule has 2 rings (SSSR count). The van der Waals surface area contributed by atoms with Gasteiger partial charge in [0.05, 0.1) is 0 Å². The summed E-state index contributed by atoms with van der Waals surface area (Å²) in [7, 11) is 2.14. The summed E-state index contributed by atoms with van der Waals surface area (Å²) in [5, 5.41) is 3.24. The Labute approximate surface area is 110 Å². The zero-order chi connectivity index (χ0) is 13.1. The number of likely N-dealkylation sites (tertiary alicyclic amines) is 1. The third-order valence-electron chi connectivity index (χ3n) is 4.67. The molecule has 4 nitrogen and oxygen atoms in total. The first kappa shape index (κ1) is 13.8. The van der Waals surface area contributed by atoms with E-state index < -0.39 is 0 Å². The largest absolute Gasteiger partial charge is 0.353 e. The second kappa shape index (κ2) is 6.02. The SMILES string of the molecule is CC1CC(C(=O)NC2CCN(C)CC2)CCC1N. The second-order valence-corrected chi connectivity index (χ2v) is 6.24. The van der Waals surface area contributed by atoms with E-state index in [9.17, 15) is 4.79 Å². The minimum Gasteiger partial charge on any atom is -0.353 e. The maximum atomic E-state index is 12.2. The van der Waals surface area contributed by atoms with Crippen LogP contribution in [-0.4, -0.2) is 43.0 Å². The predicted octanol–water partition coefficient (Wildman–Crippen LogP) is 0.960. The maximum absolute atomic E-state index is 12.2. The van der Waals surface area contributed by atoms with Crippen LogP contribution in [0.1, 0.15) is 39.0 Å². The number of nitrogens with two attached hydrogens (primary N) is 1. The number of carbonyl (C=O) groups is 1. The highest BCUT2D eigenvalue weighted by Crippen LogP contribution is 2.28. The molecule has 1 heterocycles. The summed E-state index contributed by atoms with van der Waals surface area (Å²) in [6.07, 6.45) is 5.09. The predicted molar refractivity (Wildman–Crippen MR) is 73.1 cm³/mol. The van der Waals surface area contributed by atoms with Gasteiger partial charge in [0.1, 0.15) is 0 Å². The lowest BCUT2D eigenvalue weighted by Gasteiger charge is -2.34. The standard InChI is InChI=1S/C14H27N3O/c1-10-9-11(3-4-13(10)15)14(18)16-12-5-7-17(2)8-6-12/h10-13H,3-9,15H2,1-2H3,(H,16,18). The van der Waals surface area contributed by atoms with Crippen LogP contribution < -0.4 is 11.1 Å². The van der Waals surface area contributed by atoms with Gasteiger partial charge in [-0.05, 0) is 58.2 Å². The molecule has 0 bridgehead atoms. The van der Waals surface area contributed by atoms with Gasteiger partial charge in [-0.25, -0.2) is 0 Å². The van der Waals surface area contributed by atoms with Crippen molar-refractivity contribution in [2.45, 2.75) is 51.1 Å². The van der Waals surface area contributed by atoms with Crippen molar-refractivity contribution >= 4 is 5.91 Å². The molecule has 1 aliphatic heterocycles. The van der Waals surface area contributed by atoms with E-state index in [1.807, 2.05) is 0 Å². The van der Waals surface area contributed by atoms with Gasteiger partial charge in [0.25, 0.3) is 0 Å². The molecule has 3 unspecified atom stereocenters. The van der Waals surface area contributed by atoms with E-state index in [4.69, 9.17) is 5.73 Å². The van der Waals surface area contributed by atoms with E-state index in [2.05, 4.69) is 24.2 Å². The quantitative estimate of drug-likeness (QED) is 0.770. The third kappa shape index (κ3) is 3.45. The number of hydrogen-bond donors (Lipinski definition) is 2. The summed E-state index contributed by atoms with van der Waals surface area (Å²) in [6.45, 7) is 4.35. The molecule has 1 amide bonds. The summed E-state index contributed by atoms with van der Waals surface area (Å²) in [5.41, 5.74) is 6.00. The molecule has 1 saturated heterocycles. The van der Waals surface area contributed by atoms with Crippen molar-refractivity contribution in [3.63, 3.8) is 0 Å². The Balaban J connectivity index is 1.78. The number of piperidine rings is 1. The van der Waals surface area contributed by atoms with Crippen molar-refractivity contribution in [1.82, 2.24) is 10.2 Å². The fourth-order valence-corrected chi connectivity index (χ4v) is 3.13. The van der Waals surface area contributed by atoms with Crippen LogP contribution in [0.15, 0.2) is 0 Å². The van der Waals surface area contributed by atoms with Gasteiger partial charge in [-0.1, -0.05) is 6.92 Å². The minimum absolute atomic E-state index is 0.194. The highest BCUT2D eigenvalue weighted by Gasteiger charge is 2.30. The van der Waals surface area contributed by atoms with Gasteiger partial charge >= 0.3 is 0 Å². The molecule has 1 saturated carbocycles. The first-order valence-corrected chi connectivity index (χ1v) is 7.30. The van der Waals surface area contributed by atoms with Gasteiger partial charge in [0.15, 0.2) is 0 Å². The lowest BCUT2D eigenvalue weighted by atomic mass is 9.79. The molecule has 2 fully saturated rings. The van der Waals surface area contributed by atoms with Gasteiger partial charge in [0.2, 0.25) is 5.91 Å². The van der Waals surface area contributed by atoms with Crippen LogP contribution in [-0.2, 0) is 4.79 Å². The van der Waals surface area contributed by atoms with E-state index >= 15 is 0 Å². The van der Waals surface area contributed by atoms with Crippen LogP contribution in [0.25, 0.3) is 0 Å². The average molecular weight is 253 g/mol. The number of nitrogens with one attached hydrogen (secondary N) is 1. The van der Waals surface area contributed by atoms with Crippen LogP contribution in [0.2, 0.25) is 0 Å². The Morgan fingerprint density at radius 3 is 2.50 bits per heavy atom. The third-order valence-corrected chi connectivity index (χ3v) is 4.67. The van der Waals surface area contributed by atoms with Crippen LogP contribution >= 0.6 is 0 Å². The molecule has 1 aliphatic carbocycles. The molecule has 0 radical (unpaired) electrons. The molecule has 0 aromatic heterocycles. The fraction of sp³-hybridized carbons (Fsp3) is 0.929. The van der Waals surface area contributed by atoms with Gasteiger partial charge in [-0.3, -0.25) is 4.79 Å². The number of hydrogen-bond acceptors (Lipinski definition) is 3. The van der Waals surface area contributed by atoms with Crippen LogP contribution in [0.5, 0.6) is 0 Å².